The fourth-order valence-corrected chi connectivity index (χ4v) is 2.23. The fraction of sp³-hybridized carbons (Fsp3) is 0.818. The summed E-state index contributed by atoms with van der Waals surface area (Å²) in [7, 11) is 0. The molecule has 1 fully saturated rings. The number of likely N-dealkylation sites (tertiary alicyclic amines) is 1. The second-order valence-electron chi connectivity index (χ2n) is 5.06. The Kier molecular flexibility index (Phi) is 3.37. The van der Waals surface area contributed by atoms with E-state index < -0.39 is 5.97 Å². The van der Waals surface area contributed by atoms with E-state index >= 15 is 0 Å². The average Bonchev–Trinajstić information content (AvgIpc) is 2.42. The smallest absolute Gasteiger partial charge is 0.303 e. The van der Waals surface area contributed by atoms with Crippen molar-refractivity contribution in [3.05, 3.63) is 0 Å². The normalized spacial score (nSPS) is 22.2. The highest BCUT2D eigenvalue weighted by Crippen LogP contribution is 2.29. The number of carbonyl (C=O) groups is 2. The van der Waals surface area contributed by atoms with E-state index in [0.29, 0.717) is 12.8 Å². The molecule has 15 heavy (non-hydrogen) atoms. The Balaban J connectivity index is 2.64. The molecule has 0 saturated carbocycles. The minimum absolute atomic E-state index is 0.105. The molecule has 1 heterocycles. The standard InChI is InChI=1S/C11H19NO3/c1-11(2,3)12-8(4-6-9(12)13)5-7-10(14)15/h8H,4-7H2,1-3H3,(H,14,15). The molecule has 0 aromatic carbocycles. The summed E-state index contributed by atoms with van der Waals surface area (Å²) in [6.07, 6.45) is 2.06. The van der Waals surface area contributed by atoms with Crippen molar-refractivity contribution in [2.24, 2.45) is 0 Å². The molecule has 4 heteroatoms. The van der Waals surface area contributed by atoms with Crippen molar-refractivity contribution >= 4 is 11.9 Å². The van der Waals surface area contributed by atoms with Gasteiger partial charge in [-0.05, 0) is 33.6 Å². The van der Waals surface area contributed by atoms with E-state index in [1.165, 1.54) is 0 Å². The van der Waals surface area contributed by atoms with Gasteiger partial charge < -0.3 is 10.0 Å². The zero-order chi connectivity index (χ0) is 11.6. The van der Waals surface area contributed by atoms with Gasteiger partial charge >= 0.3 is 5.97 Å². The molecule has 0 spiro atoms. The van der Waals surface area contributed by atoms with Crippen LogP contribution in [-0.4, -0.2) is 33.5 Å². The lowest BCUT2D eigenvalue weighted by Gasteiger charge is -2.37. The second-order valence-corrected chi connectivity index (χ2v) is 5.06. The van der Waals surface area contributed by atoms with Gasteiger partial charge in [-0.3, -0.25) is 9.59 Å². The first-order chi connectivity index (χ1) is 6.82. The Labute approximate surface area is 90.3 Å². The van der Waals surface area contributed by atoms with Crippen LogP contribution < -0.4 is 0 Å². The van der Waals surface area contributed by atoms with E-state index in [1.54, 1.807) is 0 Å². The Bertz CT molecular complexity index is 267. The third-order valence-electron chi connectivity index (χ3n) is 2.74. The fourth-order valence-electron chi connectivity index (χ4n) is 2.23. The van der Waals surface area contributed by atoms with Gasteiger partial charge in [-0.1, -0.05) is 0 Å². The van der Waals surface area contributed by atoms with E-state index in [4.69, 9.17) is 5.11 Å². The van der Waals surface area contributed by atoms with Crippen LogP contribution in [0.25, 0.3) is 0 Å². The molecule has 1 amide bonds. The number of carboxylic acids is 1. The Morgan fingerprint density at radius 3 is 2.60 bits per heavy atom. The van der Waals surface area contributed by atoms with Gasteiger partial charge in [-0.25, -0.2) is 0 Å². The van der Waals surface area contributed by atoms with Crippen molar-refractivity contribution in [1.82, 2.24) is 4.90 Å². The van der Waals surface area contributed by atoms with Crippen LogP contribution in [0, 0.1) is 0 Å². The maximum absolute atomic E-state index is 11.7. The quantitative estimate of drug-likeness (QED) is 0.775. The van der Waals surface area contributed by atoms with Gasteiger partial charge in [0.1, 0.15) is 0 Å². The summed E-state index contributed by atoms with van der Waals surface area (Å²) >= 11 is 0. The van der Waals surface area contributed by atoms with Crippen molar-refractivity contribution < 1.29 is 14.7 Å². The van der Waals surface area contributed by atoms with Gasteiger partial charge in [-0.2, -0.15) is 0 Å². The number of nitrogens with zero attached hydrogens (tertiary/aromatic N) is 1. The van der Waals surface area contributed by atoms with Crippen LogP contribution in [-0.2, 0) is 9.59 Å². The molecular weight excluding hydrogens is 194 g/mol. The number of carboxylic acid groups (broad SMARTS) is 1. The van der Waals surface area contributed by atoms with E-state index in [2.05, 4.69) is 0 Å². The van der Waals surface area contributed by atoms with Crippen LogP contribution in [0.5, 0.6) is 0 Å². The van der Waals surface area contributed by atoms with Crippen molar-refractivity contribution in [2.75, 3.05) is 0 Å². The predicted molar refractivity (Wildman–Crippen MR) is 56.5 cm³/mol. The number of carbonyl (C=O) groups excluding carboxylic acids is 1. The lowest BCUT2D eigenvalue weighted by molar-refractivity contribution is -0.139. The summed E-state index contributed by atoms with van der Waals surface area (Å²) in [6, 6.07) is 0.105. The first-order valence-corrected chi connectivity index (χ1v) is 5.36. The highest BCUT2D eigenvalue weighted by molar-refractivity contribution is 5.79. The molecule has 1 saturated heterocycles. The maximum atomic E-state index is 11.7. The number of rotatable bonds is 3. The highest BCUT2D eigenvalue weighted by atomic mass is 16.4. The average molecular weight is 213 g/mol. The van der Waals surface area contributed by atoms with E-state index in [0.717, 1.165) is 6.42 Å². The molecule has 86 valence electrons. The molecule has 1 atom stereocenters. The Morgan fingerprint density at radius 2 is 2.13 bits per heavy atom. The molecule has 0 aliphatic carbocycles. The van der Waals surface area contributed by atoms with Gasteiger partial charge in [0.25, 0.3) is 0 Å². The molecule has 0 bridgehead atoms. The maximum Gasteiger partial charge on any atom is 0.303 e. The van der Waals surface area contributed by atoms with E-state index in [-0.39, 0.29) is 23.9 Å². The molecule has 0 aromatic rings. The number of amides is 1. The zero-order valence-corrected chi connectivity index (χ0v) is 9.62. The predicted octanol–water partition coefficient (Wildman–Crippen LogP) is 1.64. The van der Waals surface area contributed by atoms with Crippen molar-refractivity contribution in [3.63, 3.8) is 0 Å². The minimum atomic E-state index is -0.789. The van der Waals surface area contributed by atoms with E-state index in [1.807, 2.05) is 25.7 Å². The molecule has 1 aliphatic rings. The van der Waals surface area contributed by atoms with Crippen LogP contribution in [0.2, 0.25) is 0 Å². The Hall–Kier alpha value is -1.06. The van der Waals surface area contributed by atoms with Crippen LogP contribution >= 0.6 is 0 Å². The molecular formula is C11H19NO3. The molecule has 0 radical (unpaired) electrons. The summed E-state index contributed by atoms with van der Waals surface area (Å²) in [5.74, 6) is -0.638. The summed E-state index contributed by atoms with van der Waals surface area (Å²) in [6.45, 7) is 5.97. The van der Waals surface area contributed by atoms with Crippen molar-refractivity contribution in [2.45, 2.75) is 58.0 Å². The first-order valence-electron chi connectivity index (χ1n) is 5.36. The van der Waals surface area contributed by atoms with Crippen LogP contribution in [0.4, 0.5) is 0 Å². The first kappa shape index (κ1) is 12.0. The molecule has 4 nitrogen and oxygen atoms in total. The number of hydrogen-bond acceptors (Lipinski definition) is 2. The van der Waals surface area contributed by atoms with Gasteiger partial charge in [-0.15, -0.1) is 0 Å². The van der Waals surface area contributed by atoms with Crippen LogP contribution in [0.1, 0.15) is 46.5 Å². The summed E-state index contributed by atoms with van der Waals surface area (Å²) in [5, 5.41) is 8.63. The monoisotopic (exact) mass is 213 g/mol. The largest absolute Gasteiger partial charge is 0.481 e. The Morgan fingerprint density at radius 1 is 1.53 bits per heavy atom. The van der Waals surface area contributed by atoms with Crippen molar-refractivity contribution in [1.29, 1.82) is 0 Å². The van der Waals surface area contributed by atoms with Crippen molar-refractivity contribution in [3.8, 4) is 0 Å². The highest BCUT2D eigenvalue weighted by Gasteiger charge is 2.37. The van der Waals surface area contributed by atoms with Gasteiger partial charge in [0, 0.05) is 24.4 Å². The zero-order valence-electron chi connectivity index (χ0n) is 9.62. The lowest BCUT2D eigenvalue weighted by atomic mass is 10.0. The number of aliphatic carboxylic acids is 1. The van der Waals surface area contributed by atoms with Gasteiger partial charge in [0.2, 0.25) is 5.91 Å². The second kappa shape index (κ2) is 4.21. The topological polar surface area (TPSA) is 57.6 Å². The lowest BCUT2D eigenvalue weighted by Crippen LogP contribution is -2.47. The third-order valence-corrected chi connectivity index (χ3v) is 2.74. The number of hydrogen-bond donors (Lipinski definition) is 1. The molecule has 1 rings (SSSR count). The molecule has 1 N–H and O–H groups in total. The summed E-state index contributed by atoms with van der Waals surface area (Å²) in [5.41, 5.74) is -0.198. The van der Waals surface area contributed by atoms with Crippen LogP contribution in [0.3, 0.4) is 0 Å². The summed E-state index contributed by atoms with van der Waals surface area (Å²) < 4.78 is 0. The SMILES string of the molecule is CC(C)(C)N1C(=O)CCC1CCC(=O)O. The van der Waals surface area contributed by atoms with Gasteiger partial charge in [0.05, 0.1) is 0 Å². The van der Waals surface area contributed by atoms with E-state index in [9.17, 15) is 9.59 Å². The molecule has 1 aliphatic heterocycles. The van der Waals surface area contributed by atoms with Gasteiger partial charge in [0.15, 0.2) is 0 Å². The minimum Gasteiger partial charge on any atom is -0.481 e. The molecule has 0 aromatic heterocycles. The van der Waals surface area contributed by atoms with Crippen LogP contribution in [0.15, 0.2) is 0 Å². The third kappa shape index (κ3) is 2.94. The molecule has 1 unspecified atom stereocenters. The summed E-state index contributed by atoms with van der Waals surface area (Å²) in [4.78, 5) is 24.0.